The van der Waals surface area contributed by atoms with Crippen LogP contribution in [0.1, 0.15) is 36.8 Å². The molecule has 0 aliphatic heterocycles. The van der Waals surface area contributed by atoms with Gasteiger partial charge in [0.05, 0.1) is 34.3 Å². The van der Waals surface area contributed by atoms with Crippen LogP contribution >= 0.6 is 0 Å². The topological polar surface area (TPSA) is 93.5 Å². The highest BCUT2D eigenvalue weighted by Crippen LogP contribution is 2.51. The number of hydrogen-bond donors (Lipinski definition) is 1. The second kappa shape index (κ2) is 14.1. The first-order valence-electron chi connectivity index (χ1n) is 16.8. The van der Waals surface area contributed by atoms with E-state index in [9.17, 15) is 13.2 Å². The van der Waals surface area contributed by atoms with E-state index in [1.807, 2.05) is 72.4 Å². The van der Waals surface area contributed by atoms with Gasteiger partial charge in [0.15, 0.2) is 0 Å². The summed E-state index contributed by atoms with van der Waals surface area (Å²) in [4.78, 5) is 13.7. The van der Waals surface area contributed by atoms with E-state index in [0.29, 0.717) is 30.1 Å². The summed E-state index contributed by atoms with van der Waals surface area (Å²) in [6, 6.07) is 40.4. The average Bonchev–Trinajstić information content (AvgIpc) is 3.82. The van der Waals surface area contributed by atoms with Gasteiger partial charge in [-0.05, 0) is 104 Å². The maximum Gasteiger partial charge on any atom is 0.268 e. The lowest BCUT2D eigenvalue weighted by atomic mass is 10.0. The fourth-order valence-corrected chi connectivity index (χ4v) is 7.69. The molecule has 1 N–H and O–H groups in total. The normalized spacial score (nSPS) is 15.3. The molecular weight excluding hydrogens is 645 g/mol. The Kier molecular flexibility index (Phi) is 9.23. The van der Waals surface area contributed by atoms with Crippen LogP contribution in [0.2, 0.25) is 0 Å². The number of benzene rings is 5. The molecule has 1 aromatic heterocycles. The first-order valence-corrected chi connectivity index (χ1v) is 18.2. The molecule has 6 aromatic rings. The minimum atomic E-state index is -3.96. The summed E-state index contributed by atoms with van der Waals surface area (Å²) in [5.74, 6) is 0.489. The minimum absolute atomic E-state index is 0.0104. The zero-order valence-electron chi connectivity index (χ0n) is 27.9. The molecule has 1 saturated carbocycles. The molecular formula is C41H38N4O4S. The molecule has 2 unspecified atom stereocenters. The Morgan fingerprint density at radius 2 is 1.48 bits per heavy atom. The third-order valence-corrected chi connectivity index (χ3v) is 10.6. The molecule has 0 saturated heterocycles. The SMILES string of the molecule is CCCOc1ccc(-c2nn(-c3ccccc3)cc2C2CC2C(=O)Nc2ccc(S(=O)(=O)N(c3ccccc3)c3ccccc3)cc2)cc1C. The number of nitrogens with zero attached hydrogens (tertiary/aromatic N) is 3. The van der Waals surface area contributed by atoms with Gasteiger partial charge in [-0.3, -0.25) is 4.79 Å². The maximum atomic E-state index is 13.9. The summed E-state index contributed by atoms with van der Waals surface area (Å²) in [6.07, 6.45) is 3.65. The molecule has 1 fully saturated rings. The predicted octanol–water partition coefficient (Wildman–Crippen LogP) is 8.91. The van der Waals surface area contributed by atoms with Crippen molar-refractivity contribution in [3.8, 4) is 22.7 Å². The molecule has 252 valence electrons. The van der Waals surface area contributed by atoms with Crippen molar-refractivity contribution < 1.29 is 17.9 Å². The highest BCUT2D eigenvalue weighted by Gasteiger charge is 2.46. The fraction of sp³-hybridized carbons (Fsp3) is 0.171. The van der Waals surface area contributed by atoms with Crippen LogP contribution < -0.4 is 14.4 Å². The molecule has 0 spiro atoms. The monoisotopic (exact) mass is 682 g/mol. The number of hydrogen-bond acceptors (Lipinski definition) is 5. The summed E-state index contributed by atoms with van der Waals surface area (Å²) in [5, 5.41) is 8.01. The number of aromatic nitrogens is 2. The van der Waals surface area contributed by atoms with E-state index >= 15 is 0 Å². The highest BCUT2D eigenvalue weighted by atomic mass is 32.2. The van der Waals surface area contributed by atoms with Crippen molar-refractivity contribution in [2.45, 2.75) is 37.5 Å². The molecule has 8 nitrogen and oxygen atoms in total. The first kappa shape index (κ1) is 32.9. The van der Waals surface area contributed by atoms with Gasteiger partial charge in [0.2, 0.25) is 5.91 Å². The van der Waals surface area contributed by atoms with Crippen LogP contribution in [-0.2, 0) is 14.8 Å². The molecule has 1 aliphatic rings. The molecule has 1 heterocycles. The summed E-state index contributed by atoms with van der Waals surface area (Å²) in [5.41, 5.74) is 6.39. The minimum Gasteiger partial charge on any atom is -0.493 e. The Labute approximate surface area is 293 Å². The van der Waals surface area contributed by atoms with E-state index in [-0.39, 0.29) is 22.6 Å². The fourth-order valence-electron chi connectivity index (χ4n) is 6.20. The standard InChI is InChI=1S/C41H38N4O4S/c1-3-25-49-39-24-19-30(26-29(39)2)40-38(28-44(43-40)32-13-7-4-8-14-32)36-27-37(36)41(46)42-31-20-22-35(23-21-31)50(47,48)45(33-15-9-5-10-16-33)34-17-11-6-12-18-34/h4-24,26,28,36-37H,3,25,27H2,1-2H3,(H,42,46). The van der Waals surface area contributed by atoms with E-state index in [4.69, 9.17) is 9.84 Å². The first-order chi connectivity index (χ1) is 24.3. The van der Waals surface area contributed by atoms with Crippen molar-refractivity contribution in [2.75, 3.05) is 16.2 Å². The van der Waals surface area contributed by atoms with Gasteiger partial charge in [0, 0.05) is 34.8 Å². The number of carbonyl (C=O) groups is 1. The van der Waals surface area contributed by atoms with Crippen molar-refractivity contribution >= 4 is 33.0 Å². The van der Waals surface area contributed by atoms with Crippen LogP contribution in [0.3, 0.4) is 0 Å². The van der Waals surface area contributed by atoms with E-state index in [1.165, 1.54) is 16.4 Å². The maximum absolute atomic E-state index is 13.9. The van der Waals surface area contributed by atoms with Gasteiger partial charge in [-0.1, -0.05) is 61.5 Å². The van der Waals surface area contributed by atoms with Gasteiger partial charge in [-0.25, -0.2) is 17.4 Å². The number of nitrogens with one attached hydrogen (secondary N) is 1. The molecule has 9 heteroatoms. The number of anilines is 3. The summed E-state index contributed by atoms with van der Waals surface area (Å²) in [6.45, 7) is 4.78. The van der Waals surface area contributed by atoms with Crippen LogP contribution in [-0.4, -0.2) is 30.7 Å². The number of ether oxygens (including phenoxy) is 1. The third kappa shape index (κ3) is 6.77. The predicted molar refractivity (Wildman–Crippen MR) is 198 cm³/mol. The Morgan fingerprint density at radius 1 is 0.860 bits per heavy atom. The van der Waals surface area contributed by atoms with Gasteiger partial charge in [-0.15, -0.1) is 0 Å². The van der Waals surface area contributed by atoms with Crippen molar-refractivity contribution in [1.82, 2.24) is 9.78 Å². The van der Waals surface area contributed by atoms with Crippen LogP contribution in [0.15, 0.2) is 145 Å². The van der Waals surface area contributed by atoms with Gasteiger partial charge in [0.25, 0.3) is 10.0 Å². The Bertz CT molecular complexity index is 2160. The molecule has 2 atom stereocenters. The lowest BCUT2D eigenvalue weighted by molar-refractivity contribution is -0.117. The highest BCUT2D eigenvalue weighted by molar-refractivity contribution is 7.93. The Balaban J connectivity index is 1.11. The van der Waals surface area contributed by atoms with Gasteiger partial charge in [-0.2, -0.15) is 5.10 Å². The van der Waals surface area contributed by atoms with Crippen LogP contribution in [0.5, 0.6) is 5.75 Å². The largest absolute Gasteiger partial charge is 0.493 e. The Hall–Kier alpha value is -5.67. The smallest absolute Gasteiger partial charge is 0.268 e. The molecule has 0 bridgehead atoms. The van der Waals surface area contributed by atoms with Gasteiger partial charge < -0.3 is 10.1 Å². The number of rotatable bonds is 12. The number of amides is 1. The Morgan fingerprint density at radius 3 is 2.08 bits per heavy atom. The number of para-hydroxylation sites is 3. The van der Waals surface area contributed by atoms with Crippen molar-refractivity contribution in [3.63, 3.8) is 0 Å². The van der Waals surface area contributed by atoms with Crippen molar-refractivity contribution in [2.24, 2.45) is 5.92 Å². The van der Waals surface area contributed by atoms with E-state index in [0.717, 1.165) is 40.2 Å². The van der Waals surface area contributed by atoms with Crippen molar-refractivity contribution in [1.29, 1.82) is 0 Å². The zero-order chi connectivity index (χ0) is 34.7. The van der Waals surface area contributed by atoms with E-state index in [1.54, 1.807) is 60.7 Å². The average molecular weight is 683 g/mol. The van der Waals surface area contributed by atoms with Gasteiger partial charge >= 0.3 is 0 Å². The summed E-state index contributed by atoms with van der Waals surface area (Å²) < 4.78 is 37.0. The van der Waals surface area contributed by atoms with E-state index < -0.39 is 10.0 Å². The van der Waals surface area contributed by atoms with Crippen LogP contribution in [0.4, 0.5) is 17.1 Å². The van der Waals surface area contributed by atoms with Crippen LogP contribution in [0.25, 0.3) is 16.9 Å². The van der Waals surface area contributed by atoms with Crippen molar-refractivity contribution in [3.05, 3.63) is 151 Å². The second-order valence-electron chi connectivity index (χ2n) is 12.4. The number of sulfonamides is 1. The molecule has 1 aliphatic carbocycles. The number of aryl methyl sites for hydroxylation is 1. The molecule has 50 heavy (non-hydrogen) atoms. The zero-order valence-corrected chi connectivity index (χ0v) is 28.8. The quantitative estimate of drug-likeness (QED) is 0.139. The number of carbonyl (C=O) groups excluding carboxylic acids is 1. The van der Waals surface area contributed by atoms with E-state index in [2.05, 4.69) is 18.3 Å². The lowest BCUT2D eigenvalue weighted by Gasteiger charge is -2.24. The van der Waals surface area contributed by atoms with Crippen LogP contribution in [0, 0.1) is 12.8 Å². The molecule has 0 radical (unpaired) electrons. The molecule has 7 rings (SSSR count). The third-order valence-electron chi connectivity index (χ3n) is 8.84. The molecule has 1 amide bonds. The summed E-state index contributed by atoms with van der Waals surface area (Å²) >= 11 is 0. The lowest BCUT2D eigenvalue weighted by Crippen LogP contribution is -2.26. The molecule has 5 aromatic carbocycles. The summed E-state index contributed by atoms with van der Waals surface area (Å²) in [7, 11) is -3.96. The second-order valence-corrected chi connectivity index (χ2v) is 14.2. The van der Waals surface area contributed by atoms with Gasteiger partial charge in [0.1, 0.15) is 5.75 Å².